The Morgan fingerprint density at radius 3 is 2.11 bits per heavy atom. The molecule has 0 aliphatic heterocycles. The monoisotopic (exact) mass is 366 g/mol. The van der Waals surface area contributed by atoms with E-state index >= 15 is 0 Å². The Morgan fingerprint density at radius 2 is 1.50 bits per heavy atom. The number of benzene rings is 2. The molecule has 2 aromatic carbocycles. The van der Waals surface area contributed by atoms with Gasteiger partial charge in [-0.15, -0.1) is 0 Å². The van der Waals surface area contributed by atoms with Crippen molar-refractivity contribution in [3.05, 3.63) is 70.8 Å². The van der Waals surface area contributed by atoms with Crippen LogP contribution < -0.4 is 0 Å². The Labute approximate surface area is 123 Å². The van der Waals surface area contributed by atoms with E-state index in [0.29, 0.717) is 0 Å². The van der Waals surface area contributed by atoms with E-state index < -0.39 is 0 Å². The van der Waals surface area contributed by atoms with Crippen LogP contribution in [0.2, 0.25) is 0 Å². The summed E-state index contributed by atoms with van der Waals surface area (Å²) < 4.78 is 0. The highest BCUT2D eigenvalue weighted by Crippen LogP contribution is 2.15. The van der Waals surface area contributed by atoms with Gasteiger partial charge >= 0.3 is 0 Å². The van der Waals surface area contributed by atoms with Crippen molar-refractivity contribution in [1.29, 1.82) is 0 Å². The van der Waals surface area contributed by atoms with Crippen LogP contribution in [0.15, 0.2) is 48.5 Å². The highest BCUT2D eigenvalue weighted by atomic mass is 79.9. The Morgan fingerprint density at radius 1 is 0.833 bits per heavy atom. The summed E-state index contributed by atoms with van der Waals surface area (Å²) in [5, 5.41) is 1.57. The van der Waals surface area contributed by atoms with E-state index in [2.05, 4.69) is 31.9 Å². The molecule has 0 N–H and O–H groups in total. The molecular formula is C15H12Br2O. The van der Waals surface area contributed by atoms with Crippen molar-refractivity contribution in [3.63, 3.8) is 0 Å². The number of carbonyl (C=O) groups is 1. The largest absolute Gasteiger partial charge is 0.289 e. The molecule has 0 saturated carbocycles. The minimum Gasteiger partial charge on any atom is -0.289 e. The number of hydrogen-bond donors (Lipinski definition) is 0. The summed E-state index contributed by atoms with van der Waals surface area (Å²) in [4.78, 5) is 12.3. The second kappa shape index (κ2) is 6.30. The molecule has 0 fully saturated rings. The van der Waals surface area contributed by atoms with Crippen molar-refractivity contribution >= 4 is 37.6 Å². The lowest BCUT2D eigenvalue weighted by molar-refractivity contribution is 0.103. The van der Waals surface area contributed by atoms with Gasteiger partial charge in [-0.05, 0) is 17.2 Å². The molecule has 0 aliphatic carbocycles. The fraction of sp³-hybridized carbons (Fsp3) is 0.133. The molecule has 0 aromatic heterocycles. The second-order valence-corrected chi connectivity index (χ2v) is 5.12. The Balaban J connectivity index is 2.29. The van der Waals surface area contributed by atoms with Crippen molar-refractivity contribution in [2.45, 2.75) is 10.7 Å². The van der Waals surface area contributed by atoms with Crippen molar-refractivity contribution in [2.24, 2.45) is 0 Å². The van der Waals surface area contributed by atoms with Gasteiger partial charge < -0.3 is 0 Å². The van der Waals surface area contributed by atoms with E-state index in [1.807, 2.05) is 48.5 Å². The standard InChI is InChI=1S/C15H12Br2O/c16-9-11-4-6-13(7-5-11)15(18)14-3-1-2-12(8-14)10-17/h1-8H,9-10H2. The van der Waals surface area contributed by atoms with Crippen LogP contribution in [0.1, 0.15) is 27.0 Å². The zero-order valence-electron chi connectivity index (χ0n) is 9.70. The van der Waals surface area contributed by atoms with Gasteiger partial charge in [-0.2, -0.15) is 0 Å². The topological polar surface area (TPSA) is 17.1 Å². The molecule has 0 heterocycles. The lowest BCUT2D eigenvalue weighted by atomic mass is 10.0. The van der Waals surface area contributed by atoms with Crippen LogP contribution in [-0.4, -0.2) is 5.78 Å². The zero-order valence-corrected chi connectivity index (χ0v) is 12.9. The van der Waals surface area contributed by atoms with E-state index in [1.165, 1.54) is 5.56 Å². The number of halogens is 2. The average Bonchev–Trinajstić information content (AvgIpc) is 2.46. The Bertz CT molecular complexity index is 547. The van der Waals surface area contributed by atoms with Gasteiger partial charge in [-0.1, -0.05) is 74.3 Å². The summed E-state index contributed by atoms with van der Waals surface area (Å²) in [5.41, 5.74) is 3.74. The maximum Gasteiger partial charge on any atom is 0.193 e. The van der Waals surface area contributed by atoms with E-state index in [-0.39, 0.29) is 5.78 Å². The summed E-state index contributed by atoms with van der Waals surface area (Å²) in [7, 11) is 0. The first-order chi connectivity index (χ1) is 8.74. The SMILES string of the molecule is O=C(c1ccc(CBr)cc1)c1cccc(CBr)c1. The van der Waals surface area contributed by atoms with Crippen molar-refractivity contribution in [3.8, 4) is 0 Å². The van der Waals surface area contributed by atoms with E-state index in [1.54, 1.807) is 0 Å². The molecule has 0 bridgehead atoms. The molecule has 1 nitrogen and oxygen atoms in total. The van der Waals surface area contributed by atoms with Gasteiger partial charge in [0, 0.05) is 21.8 Å². The molecule has 2 aromatic rings. The van der Waals surface area contributed by atoms with Crippen molar-refractivity contribution in [2.75, 3.05) is 0 Å². The molecule has 3 heteroatoms. The lowest BCUT2D eigenvalue weighted by Gasteiger charge is -2.04. The van der Waals surface area contributed by atoms with Gasteiger partial charge in [0.2, 0.25) is 0 Å². The molecule has 2 rings (SSSR count). The third-order valence-electron chi connectivity index (χ3n) is 2.71. The summed E-state index contributed by atoms with van der Waals surface area (Å²) in [5.74, 6) is 0.0684. The maximum atomic E-state index is 12.3. The van der Waals surface area contributed by atoms with Crippen LogP contribution in [0.4, 0.5) is 0 Å². The number of carbonyl (C=O) groups excluding carboxylic acids is 1. The van der Waals surface area contributed by atoms with Gasteiger partial charge in [0.25, 0.3) is 0 Å². The van der Waals surface area contributed by atoms with Crippen LogP contribution in [0, 0.1) is 0 Å². The van der Waals surface area contributed by atoms with Crippen LogP contribution in [0.25, 0.3) is 0 Å². The average molecular weight is 368 g/mol. The molecule has 0 atom stereocenters. The third kappa shape index (κ3) is 3.09. The van der Waals surface area contributed by atoms with Gasteiger partial charge in [0.15, 0.2) is 5.78 Å². The smallest absolute Gasteiger partial charge is 0.193 e. The summed E-state index contributed by atoms with van der Waals surface area (Å²) in [6.07, 6.45) is 0. The maximum absolute atomic E-state index is 12.3. The van der Waals surface area contributed by atoms with E-state index in [4.69, 9.17) is 0 Å². The molecule has 0 aliphatic rings. The molecule has 0 spiro atoms. The minimum absolute atomic E-state index is 0.0684. The van der Waals surface area contributed by atoms with Crippen LogP contribution in [0.3, 0.4) is 0 Å². The summed E-state index contributed by atoms with van der Waals surface area (Å²) in [6, 6.07) is 15.4. The number of rotatable bonds is 4. The molecular weight excluding hydrogens is 356 g/mol. The summed E-state index contributed by atoms with van der Waals surface area (Å²) in [6.45, 7) is 0. The summed E-state index contributed by atoms with van der Waals surface area (Å²) >= 11 is 6.79. The van der Waals surface area contributed by atoms with Crippen LogP contribution >= 0.6 is 31.9 Å². The van der Waals surface area contributed by atoms with Gasteiger partial charge in [0.1, 0.15) is 0 Å². The minimum atomic E-state index is 0.0684. The van der Waals surface area contributed by atoms with Crippen LogP contribution in [-0.2, 0) is 10.7 Å². The number of hydrogen-bond acceptors (Lipinski definition) is 1. The molecule has 0 amide bonds. The first-order valence-electron chi connectivity index (χ1n) is 5.59. The molecule has 92 valence electrons. The van der Waals surface area contributed by atoms with Gasteiger partial charge in [-0.3, -0.25) is 4.79 Å². The molecule has 18 heavy (non-hydrogen) atoms. The third-order valence-corrected chi connectivity index (χ3v) is 4.01. The molecule has 0 unspecified atom stereocenters. The fourth-order valence-corrected chi connectivity index (χ4v) is 2.43. The highest BCUT2D eigenvalue weighted by molar-refractivity contribution is 9.08. The highest BCUT2D eigenvalue weighted by Gasteiger charge is 2.09. The van der Waals surface area contributed by atoms with Gasteiger partial charge in [0.05, 0.1) is 0 Å². The Kier molecular flexibility index (Phi) is 4.72. The molecule has 0 radical (unpaired) electrons. The first-order valence-corrected chi connectivity index (χ1v) is 7.83. The fourth-order valence-electron chi connectivity index (χ4n) is 1.71. The predicted molar refractivity (Wildman–Crippen MR) is 81.6 cm³/mol. The normalized spacial score (nSPS) is 10.3. The second-order valence-electron chi connectivity index (χ2n) is 3.99. The van der Waals surface area contributed by atoms with E-state index in [9.17, 15) is 4.79 Å². The first kappa shape index (κ1) is 13.5. The number of alkyl halides is 2. The predicted octanol–water partition coefficient (Wildman–Crippen LogP) is 4.71. The van der Waals surface area contributed by atoms with Crippen molar-refractivity contribution < 1.29 is 4.79 Å². The number of ketones is 1. The van der Waals surface area contributed by atoms with Crippen LogP contribution in [0.5, 0.6) is 0 Å². The zero-order chi connectivity index (χ0) is 13.0. The van der Waals surface area contributed by atoms with E-state index in [0.717, 1.165) is 27.4 Å². The quantitative estimate of drug-likeness (QED) is 0.565. The Hall–Kier alpha value is -0.930. The van der Waals surface area contributed by atoms with Crippen molar-refractivity contribution in [1.82, 2.24) is 0 Å². The lowest BCUT2D eigenvalue weighted by Crippen LogP contribution is -2.01. The van der Waals surface area contributed by atoms with Gasteiger partial charge in [-0.25, -0.2) is 0 Å². The molecule has 0 saturated heterocycles.